The van der Waals surface area contributed by atoms with E-state index in [2.05, 4.69) is 10.3 Å². The third-order valence-corrected chi connectivity index (χ3v) is 7.10. The molecular weight excluding hydrogens is 394 g/mol. The third-order valence-electron chi connectivity index (χ3n) is 4.35. The van der Waals surface area contributed by atoms with Gasteiger partial charge in [0.25, 0.3) is 0 Å². The number of nitrogens with one attached hydrogen (secondary N) is 1. The van der Waals surface area contributed by atoms with Gasteiger partial charge in [-0.25, -0.2) is 13.4 Å². The Bertz CT molecular complexity index is 1270. The summed E-state index contributed by atoms with van der Waals surface area (Å²) < 4.78 is 27.1. The normalized spacial score (nSPS) is 11.9. The molecule has 0 saturated heterocycles. The van der Waals surface area contributed by atoms with Gasteiger partial charge in [0, 0.05) is 12.4 Å². The van der Waals surface area contributed by atoms with Crippen LogP contribution in [0.3, 0.4) is 0 Å². The molecular formula is C20H17N3O3S2. The molecule has 4 rings (SSSR count). The summed E-state index contributed by atoms with van der Waals surface area (Å²) >= 11 is 1.36. The van der Waals surface area contributed by atoms with E-state index in [9.17, 15) is 13.2 Å². The summed E-state index contributed by atoms with van der Waals surface area (Å²) in [7, 11) is -2.34. The third kappa shape index (κ3) is 3.49. The van der Waals surface area contributed by atoms with E-state index in [1.807, 2.05) is 36.4 Å². The van der Waals surface area contributed by atoms with Crippen molar-refractivity contribution in [2.24, 2.45) is 0 Å². The van der Waals surface area contributed by atoms with Gasteiger partial charge in [-0.3, -0.25) is 4.79 Å². The van der Waals surface area contributed by atoms with Crippen molar-refractivity contribution in [1.29, 1.82) is 0 Å². The molecule has 0 atom stereocenters. The van der Waals surface area contributed by atoms with E-state index in [1.165, 1.54) is 30.5 Å². The average molecular weight is 412 g/mol. The Balaban J connectivity index is 1.53. The molecule has 3 aromatic carbocycles. The number of anilines is 1. The number of fused-ring (bicyclic) bond motifs is 3. The van der Waals surface area contributed by atoms with Crippen molar-refractivity contribution in [2.45, 2.75) is 4.90 Å². The van der Waals surface area contributed by atoms with Gasteiger partial charge in [-0.1, -0.05) is 59.9 Å². The maximum absolute atomic E-state index is 12.5. The Labute approximate surface area is 166 Å². The molecule has 0 aliphatic rings. The molecule has 0 bridgehead atoms. The second kappa shape index (κ2) is 7.31. The van der Waals surface area contributed by atoms with Crippen LogP contribution in [0.15, 0.2) is 71.6 Å². The molecule has 1 amide bonds. The first-order valence-corrected chi connectivity index (χ1v) is 10.8. The summed E-state index contributed by atoms with van der Waals surface area (Å²) in [4.78, 5) is 17.1. The van der Waals surface area contributed by atoms with E-state index < -0.39 is 15.9 Å². The van der Waals surface area contributed by atoms with Crippen molar-refractivity contribution >= 4 is 53.4 Å². The number of hydrogen-bond donors (Lipinski definition) is 1. The zero-order valence-electron chi connectivity index (χ0n) is 15.0. The zero-order valence-corrected chi connectivity index (χ0v) is 16.6. The van der Waals surface area contributed by atoms with Crippen molar-refractivity contribution in [3.63, 3.8) is 0 Å². The highest BCUT2D eigenvalue weighted by atomic mass is 32.2. The molecule has 8 heteroatoms. The largest absolute Gasteiger partial charge is 0.301 e. The smallest absolute Gasteiger partial charge is 0.243 e. The summed E-state index contributed by atoms with van der Waals surface area (Å²) in [5.74, 6) is -0.439. The van der Waals surface area contributed by atoms with Crippen LogP contribution >= 0.6 is 11.3 Å². The van der Waals surface area contributed by atoms with Crippen LogP contribution in [0.1, 0.15) is 0 Å². The second-order valence-corrected chi connectivity index (χ2v) is 9.35. The Morgan fingerprint density at radius 2 is 1.75 bits per heavy atom. The minimum Gasteiger partial charge on any atom is -0.301 e. The molecule has 6 nitrogen and oxygen atoms in total. The molecule has 1 heterocycles. The highest BCUT2D eigenvalue weighted by Crippen LogP contribution is 2.31. The van der Waals surface area contributed by atoms with Gasteiger partial charge in [-0.05, 0) is 23.6 Å². The maximum Gasteiger partial charge on any atom is 0.243 e. The van der Waals surface area contributed by atoms with Gasteiger partial charge < -0.3 is 5.32 Å². The van der Waals surface area contributed by atoms with Crippen LogP contribution in [0.2, 0.25) is 0 Å². The summed E-state index contributed by atoms with van der Waals surface area (Å²) in [5, 5.41) is 5.25. The monoisotopic (exact) mass is 411 g/mol. The van der Waals surface area contributed by atoms with Gasteiger partial charge in [0.15, 0.2) is 5.13 Å². The number of likely N-dealkylation sites (N-methyl/N-ethyl adjacent to an activating group) is 1. The minimum atomic E-state index is -3.72. The van der Waals surface area contributed by atoms with Gasteiger partial charge >= 0.3 is 0 Å². The quantitative estimate of drug-likeness (QED) is 0.543. The van der Waals surface area contributed by atoms with Crippen LogP contribution in [-0.4, -0.2) is 37.2 Å². The molecule has 142 valence electrons. The lowest BCUT2D eigenvalue weighted by atomic mass is 10.1. The van der Waals surface area contributed by atoms with Crippen molar-refractivity contribution in [3.05, 3.63) is 66.7 Å². The predicted molar refractivity (Wildman–Crippen MR) is 112 cm³/mol. The number of thiazole rings is 1. The lowest BCUT2D eigenvalue weighted by Crippen LogP contribution is -2.34. The molecule has 1 aromatic heterocycles. The Morgan fingerprint density at radius 1 is 1.04 bits per heavy atom. The Morgan fingerprint density at radius 3 is 2.54 bits per heavy atom. The number of carbonyl (C=O) groups is 1. The molecule has 28 heavy (non-hydrogen) atoms. The Hall–Kier alpha value is -2.81. The lowest BCUT2D eigenvalue weighted by molar-refractivity contribution is -0.116. The summed E-state index contributed by atoms with van der Waals surface area (Å²) in [5.41, 5.74) is 0.823. The first-order chi connectivity index (χ1) is 13.4. The number of benzene rings is 3. The van der Waals surface area contributed by atoms with E-state index >= 15 is 0 Å². The van der Waals surface area contributed by atoms with Gasteiger partial charge in [0.05, 0.1) is 21.7 Å². The van der Waals surface area contributed by atoms with E-state index in [0.717, 1.165) is 25.3 Å². The topological polar surface area (TPSA) is 79.4 Å². The number of amides is 1. The molecule has 0 unspecified atom stereocenters. The fraction of sp³-hybridized carbons (Fsp3) is 0.100. The van der Waals surface area contributed by atoms with Crippen LogP contribution in [0.5, 0.6) is 0 Å². The highest BCUT2D eigenvalue weighted by Gasteiger charge is 2.23. The number of carbonyl (C=O) groups excluding carboxylic acids is 1. The SMILES string of the molecule is CN(CC(=O)Nc1nc2c(ccc3ccccc32)s1)S(=O)(=O)c1ccccc1. The van der Waals surface area contributed by atoms with E-state index in [4.69, 9.17) is 0 Å². The summed E-state index contributed by atoms with van der Waals surface area (Å²) in [6, 6.07) is 19.9. The van der Waals surface area contributed by atoms with Crippen LogP contribution in [0.25, 0.3) is 21.0 Å². The van der Waals surface area contributed by atoms with Crippen molar-refractivity contribution in [1.82, 2.24) is 9.29 Å². The van der Waals surface area contributed by atoms with E-state index in [1.54, 1.807) is 18.2 Å². The zero-order chi connectivity index (χ0) is 19.7. The standard InChI is InChI=1S/C20H17N3O3S2/c1-23(28(25,26)15-8-3-2-4-9-15)13-18(24)21-20-22-19-16-10-6-5-7-14(16)11-12-17(19)27-20/h2-12H,13H2,1H3,(H,21,22,24). The van der Waals surface area contributed by atoms with Crippen LogP contribution in [-0.2, 0) is 14.8 Å². The van der Waals surface area contributed by atoms with Gasteiger partial charge in [0.2, 0.25) is 15.9 Å². The van der Waals surface area contributed by atoms with Crippen molar-refractivity contribution in [3.8, 4) is 0 Å². The van der Waals surface area contributed by atoms with Crippen LogP contribution in [0, 0.1) is 0 Å². The van der Waals surface area contributed by atoms with Crippen molar-refractivity contribution < 1.29 is 13.2 Å². The number of aromatic nitrogens is 1. The fourth-order valence-corrected chi connectivity index (χ4v) is 4.98. The van der Waals surface area contributed by atoms with Gasteiger partial charge in [-0.2, -0.15) is 4.31 Å². The van der Waals surface area contributed by atoms with Gasteiger partial charge in [-0.15, -0.1) is 0 Å². The number of rotatable bonds is 5. The minimum absolute atomic E-state index is 0.150. The number of nitrogens with zero attached hydrogens (tertiary/aromatic N) is 2. The lowest BCUT2D eigenvalue weighted by Gasteiger charge is -2.16. The van der Waals surface area contributed by atoms with Gasteiger partial charge in [0.1, 0.15) is 0 Å². The first-order valence-electron chi connectivity index (χ1n) is 8.55. The second-order valence-electron chi connectivity index (χ2n) is 6.27. The van der Waals surface area contributed by atoms with E-state index in [0.29, 0.717) is 5.13 Å². The molecule has 4 aromatic rings. The highest BCUT2D eigenvalue weighted by molar-refractivity contribution is 7.89. The molecule has 0 spiro atoms. The van der Waals surface area contributed by atoms with Crippen molar-refractivity contribution in [2.75, 3.05) is 18.9 Å². The average Bonchev–Trinajstić information content (AvgIpc) is 3.11. The molecule has 0 aliphatic carbocycles. The predicted octanol–water partition coefficient (Wildman–Crippen LogP) is 3.71. The molecule has 0 aliphatic heterocycles. The first kappa shape index (κ1) is 18.5. The maximum atomic E-state index is 12.5. The number of sulfonamides is 1. The number of hydrogen-bond acceptors (Lipinski definition) is 5. The molecule has 0 saturated carbocycles. The van der Waals surface area contributed by atoms with Crippen LogP contribution < -0.4 is 5.32 Å². The summed E-state index contributed by atoms with van der Waals surface area (Å²) in [6.45, 7) is -0.298. The summed E-state index contributed by atoms with van der Waals surface area (Å²) in [6.07, 6.45) is 0. The van der Waals surface area contributed by atoms with Crippen LogP contribution in [0.4, 0.5) is 5.13 Å². The Kier molecular flexibility index (Phi) is 4.84. The fourth-order valence-electron chi connectivity index (χ4n) is 2.93. The molecule has 0 radical (unpaired) electrons. The molecule has 1 N–H and O–H groups in total. The molecule has 0 fully saturated rings. The van der Waals surface area contributed by atoms with E-state index in [-0.39, 0.29) is 11.4 Å².